The smallest absolute Gasteiger partial charge is 0.192 e. The zero-order valence-corrected chi connectivity index (χ0v) is 18.9. The molecule has 0 saturated carbocycles. The maximum atomic E-state index is 11.9. The maximum Gasteiger partial charge on any atom is 0.192 e. The molecule has 0 aromatic heterocycles. The van der Waals surface area contributed by atoms with Crippen LogP contribution in [0.1, 0.15) is 47.5 Å². The number of carbonyl (C=O) groups excluding carboxylic acids is 1. The monoisotopic (exact) mass is 386 g/mol. The van der Waals surface area contributed by atoms with Gasteiger partial charge in [0, 0.05) is 18.1 Å². The van der Waals surface area contributed by atoms with Gasteiger partial charge in [-0.15, -0.1) is 0 Å². The first-order valence-electron chi connectivity index (χ1n) is 9.47. The van der Waals surface area contributed by atoms with E-state index in [2.05, 4.69) is 40.8 Å². The number of hydrogen-bond acceptors (Lipinski definition) is 5. The van der Waals surface area contributed by atoms with Crippen molar-refractivity contribution < 1.29 is 23.4 Å². The van der Waals surface area contributed by atoms with Gasteiger partial charge >= 0.3 is 0 Å². The molecule has 6 heteroatoms. The van der Waals surface area contributed by atoms with E-state index in [-0.39, 0.29) is 17.9 Å². The molecule has 0 radical (unpaired) electrons. The Hall–Kier alpha value is -0.533. The molecule has 0 bridgehead atoms. The summed E-state index contributed by atoms with van der Waals surface area (Å²) in [4.78, 5) is 11.9. The van der Waals surface area contributed by atoms with Gasteiger partial charge in [0.1, 0.15) is 13.1 Å². The van der Waals surface area contributed by atoms with Crippen molar-refractivity contribution in [3.8, 4) is 0 Å². The summed E-state index contributed by atoms with van der Waals surface area (Å²) in [6.07, 6.45) is 2.78. The van der Waals surface area contributed by atoms with Gasteiger partial charge in [-0.3, -0.25) is 4.79 Å². The molecule has 5 nitrogen and oxygen atoms in total. The van der Waals surface area contributed by atoms with Gasteiger partial charge in [-0.2, -0.15) is 0 Å². The Bertz CT molecular complexity index is 495. The van der Waals surface area contributed by atoms with Crippen molar-refractivity contribution in [3.63, 3.8) is 0 Å². The number of hydrogen-bond donors (Lipinski definition) is 0. The number of ether oxygens (including phenoxy) is 3. The van der Waals surface area contributed by atoms with Crippen LogP contribution in [0.2, 0.25) is 18.1 Å². The Labute approximate surface area is 160 Å². The van der Waals surface area contributed by atoms with Gasteiger partial charge < -0.3 is 18.6 Å². The average molecular weight is 387 g/mol. The molecule has 0 aliphatic heterocycles. The summed E-state index contributed by atoms with van der Waals surface area (Å²) in [6, 6.07) is 0. The topological polar surface area (TPSA) is 54.0 Å². The molecule has 0 spiro atoms. The van der Waals surface area contributed by atoms with Gasteiger partial charge in [-0.25, -0.2) is 0 Å². The van der Waals surface area contributed by atoms with Crippen LogP contribution >= 0.6 is 0 Å². The molecule has 0 fully saturated rings. The molecule has 26 heavy (non-hydrogen) atoms. The molecule has 2 atom stereocenters. The summed E-state index contributed by atoms with van der Waals surface area (Å²) in [6.45, 7) is 17.0. The van der Waals surface area contributed by atoms with Crippen molar-refractivity contribution in [3.05, 3.63) is 11.1 Å². The number of allylic oxidation sites excluding steroid dienone is 1. The average Bonchev–Trinajstić information content (AvgIpc) is 2.53. The van der Waals surface area contributed by atoms with E-state index < -0.39 is 13.7 Å². The van der Waals surface area contributed by atoms with Gasteiger partial charge in [0.05, 0.1) is 25.9 Å². The van der Waals surface area contributed by atoms with Crippen molar-refractivity contribution in [2.45, 2.75) is 71.7 Å². The molecule has 0 heterocycles. The molecule has 0 amide bonds. The minimum atomic E-state index is -1.95. The summed E-state index contributed by atoms with van der Waals surface area (Å²) in [5.41, 5.74) is 1.51. The summed E-state index contributed by atoms with van der Waals surface area (Å²) >= 11 is 0. The van der Waals surface area contributed by atoms with Crippen LogP contribution < -0.4 is 0 Å². The number of rotatable bonds is 10. The van der Waals surface area contributed by atoms with Gasteiger partial charge in [0.2, 0.25) is 0 Å². The lowest BCUT2D eigenvalue weighted by Crippen LogP contribution is -2.52. The molecular weight excluding hydrogens is 348 g/mol. The Morgan fingerprint density at radius 1 is 1.23 bits per heavy atom. The number of methoxy groups -OCH3 is 1. The van der Waals surface area contributed by atoms with Crippen molar-refractivity contribution in [1.82, 2.24) is 0 Å². The molecule has 152 valence electrons. The molecular formula is C20H38O5Si. The first kappa shape index (κ1) is 23.5. The molecule has 1 rings (SSSR count). The quantitative estimate of drug-likeness (QED) is 0.242. The zero-order chi connectivity index (χ0) is 20.0. The number of carbonyl (C=O) groups is 1. The van der Waals surface area contributed by atoms with Crippen LogP contribution in [0.25, 0.3) is 0 Å². The number of aldehydes is 1. The summed E-state index contributed by atoms with van der Waals surface area (Å²) in [7, 11) is -0.314. The Kier molecular flexibility index (Phi) is 8.68. The van der Waals surface area contributed by atoms with E-state index in [1.165, 1.54) is 0 Å². The first-order valence-corrected chi connectivity index (χ1v) is 12.4. The highest BCUT2D eigenvalue weighted by Gasteiger charge is 2.47. The maximum absolute atomic E-state index is 11.9. The highest BCUT2D eigenvalue weighted by atomic mass is 28.4. The predicted octanol–water partition coefficient (Wildman–Crippen LogP) is 4.33. The fourth-order valence-electron chi connectivity index (χ4n) is 3.10. The standard InChI is InChI=1S/C20H38O5Si/c1-16-9-10-18(25-26(7,8)19(2,3)4)20(5,17(16)13-21)14-24-15-23-12-11-22-6/h13,18H,9-12,14-15H2,1-8H3/t18-,20+/m0/s1. The van der Waals surface area contributed by atoms with Crippen LogP contribution in [0.5, 0.6) is 0 Å². The lowest BCUT2D eigenvalue weighted by atomic mass is 9.70. The van der Waals surface area contributed by atoms with Crippen molar-refractivity contribution >= 4 is 14.6 Å². The second-order valence-electron chi connectivity index (χ2n) is 9.00. The minimum absolute atomic E-state index is 0.0220. The Morgan fingerprint density at radius 2 is 1.88 bits per heavy atom. The van der Waals surface area contributed by atoms with E-state index in [0.29, 0.717) is 19.8 Å². The van der Waals surface area contributed by atoms with Gasteiger partial charge in [0.25, 0.3) is 0 Å². The van der Waals surface area contributed by atoms with E-state index in [1.807, 2.05) is 6.92 Å². The van der Waals surface area contributed by atoms with E-state index in [9.17, 15) is 4.79 Å². The lowest BCUT2D eigenvalue weighted by Gasteiger charge is -2.48. The fourth-order valence-corrected chi connectivity index (χ4v) is 4.55. The van der Waals surface area contributed by atoms with Crippen molar-refractivity contribution in [2.75, 3.05) is 33.7 Å². The van der Waals surface area contributed by atoms with Crippen molar-refractivity contribution in [2.24, 2.45) is 5.41 Å². The zero-order valence-electron chi connectivity index (χ0n) is 17.9. The molecule has 0 N–H and O–H groups in total. The van der Waals surface area contributed by atoms with Crippen LogP contribution in [0, 0.1) is 5.41 Å². The molecule has 0 aromatic rings. The van der Waals surface area contributed by atoms with Crippen LogP contribution in [0.4, 0.5) is 0 Å². The third kappa shape index (κ3) is 5.73. The fraction of sp³-hybridized carbons (Fsp3) is 0.850. The molecule has 1 aliphatic rings. The summed E-state index contributed by atoms with van der Waals surface area (Å²) in [5, 5.41) is 0.121. The highest BCUT2D eigenvalue weighted by molar-refractivity contribution is 6.74. The second-order valence-corrected chi connectivity index (χ2v) is 13.8. The van der Waals surface area contributed by atoms with Gasteiger partial charge in [-0.05, 0) is 37.9 Å². The van der Waals surface area contributed by atoms with Crippen molar-refractivity contribution in [1.29, 1.82) is 0 Å². The summed E-state index contributed by atoms with van der Waals surface area (Å²) < 4.78 is 22.9. The van der Waals surface area contributed by atoms with Gasteiger partial charge in [-0.1, -0.05) is 33.3 Å². The minimum Gasteiger partial charge on any atom is -0.413 e. The normalized spacial score (nSPS) is 24.8. The molecule has 1 aliphatic carbocycles. The van der Waals surface area contributed by atoms with E-state index in [1.54, 1.807) is 7.11 Å². The highest BCUT2D eigenvalue weighted by Crippen LogP contribution is 2.46. The van der Waals surface area contributed by atoms with E-state index >= 15 is 0 Å². The third-order valence-electron chi connectivity index (χ3n) is 5.93. The van der Waals surface area contributed by atoms with Gasteiger partial charge in [0.15, 0.2) is 8.32 Å². The largest absolute Gasteiger partial charge is 0.413 e. The van der Waals surface area contributed by atoms with Crippen LogP contribution in [0.15, 0.2) is 11.1 Å². The Morgan fingerprint density at radius 3 is 2.42 bits per heavy atom. The third-order valence-corrected chi connectivity index (χ3v) is 10.4. The van der Waals surface area contributed by atoms with Crippen LogP contribution in [0.3, 0.4) is 0 Å². The summed E-state index contributed by atoms with van der Waals surface area (Å²) in [5.74, 6) is 0. The first-order chi connectivity index (χ1) is 12.0. The predicted molar refractivity (Wildman–Crippen MR) is 107 cm³/mol. The molecule has 0 aromatic carbocycles. The molecule has 0 unspecified atom stereocenters. The lowest BCUT2D eigenvalue weighted by molar-refractivity contribution is -0.115. The van der Waals surface area contributed by atoms with E-state index in [0.717, 1.165) is 30.3 Å². The SMILES string of the molecule is COCCOCOC[C@]1(C)C(C=O)=C(C)CC[C@@H]1O[Si](C)(C)C(C)(C)C. The van der Waals surface area contributed by atoms with Crippen LogP contribution in [-0.2, 0) is 23.4 Å². The van der Waals surface area contributed by atoms with E-state index in [4.69, 9.17) is 18.6 Å². The Balaban J connectivity index is 2.92. The molecule has 0 saturated heterocycles. The van der Waals surface area contributed by atoms with Crippen LogP contribution in [-0.4, -0.2) is 54.4 Å². The second kappa shape index (κ2) is 9.60.